The van der Waals surface area contributed by atoms with E-state index in [1.807, 2.05) is 6.07 Å². The summed E-state index contributed by atoms with van der Waals surface area (Å²) in [6.07, 6.45) is 1.67. The van der Waals surface area contributed by atoms with Crippen molar-refractivity contribution in [3.05, 3.63) is 34.3 Å². The molecule has 0 heterocycles. The summed E-state index contributed by atoms with van der Waals surface area (Å²) in [7, 11) is 0. The Morgan fingerprint density at radius 3 is 2.68 bits per heavy atom. The van der Waals surface area contributed by atoms with Crippen molar-refractivity contribution in [2.75, 3.05) is 6.54 Å². The first-order valence-electron chi connectivity index (χ1n) is 7.01. The van der Waals surface area contributed by atoms with Gasteiger partial charge in [-0.3, -0.25) is 14.4 Å². The van der Waals surface area contributed by atoms with Crippen molar-refractivity contribution in [2.24, 2.45) is 5.92 Å². The molecule has 1 aromatic rings. The van der Waals surface area contributed by atoms with E-state index in [9.17, 15) is 14.4 Å². The third kappa shape index (κ3) is 4.56. The first-order valence-corrected chi connectivity index (χ1v) is 7.81. The van der Waals surface area contributed by atoms with Crippen LogP contribution in [0.5, 0.6) is 0 Å². The molecule has 1 aliphatic rings. The predicted octanol–water partition coefficient (Wildman–Crippen LogP) is 1.55. The van der Waals surface area contributed by atoms with Crippen LogP contribution in [0.25, 0.3) is 0 Å². The molecule has 2 atom stereocenters. The summed E-state index contributed by atoms with van der Waals surface area (Å²) < 4.78 is 0.787. The Morgan fingerprint density at radius 1 is 1.27 bits per heavy atom. The number of halogens is 1. The molecule has 2 rings (SSSR count). The standard InChI is InChI=1S/C15H17BrN2O4/c16-11-3-1-2-9(6-11)14(20)17-8-13(19)18-12-5-4-10(7-12)15(21)22/h1-3,6,10,12H,4-5,7-8H2,(H,17,20)(H,18,19)(H,21,22)/t10-,12+/m1/s1. The van der Waals surface area contributed by atoms with Crippen LogP contribution in [0.15, 0.2) is 28.7 Å². The molecular formula is C15H17BrN2O4. The van der Waals surface area contributed by atoms with E-state index in [2.05, 4.69) is 26.6 Å². The van der Waals surface area contributed by atoms with Gasteiger partial charge in [0.05, 0.1) is 12.5 Å². The number of amides is 2. The van der Waals surface area contributed by atoms with E-state index in [0.717, 1.165) is 4.47 Å². The molecule has 0 unspecified atom stereocenters. The van der Waals surface area contributed by atoms with Gasteiger partial charge in [-0.15, -0.1) is 0 Å². The highest BCUT2D eigenvalue weighted by Crippen LogP contribution is 2.25. The van der Waals surface area contributed by atoms with Crippen molar-refractivity contribution in [3.63, 3.8) is 0 Å². The Labute approximate surface area is 136 Å². The maximum atomic E-state index is 11.9. The largest absolute Gasteiger partial charge is 0.481 e. The first kappa shape index (κ1) is 16.5. The maximum Gasteiger partial charge on any atom is 0.306 e. The number of nitrogens with one attached hydrogen (secondary N) is 2. The molecule has 0 bridgehead atoms. The second-order valence-corrected chi connectivity index (χ2v) is 6.22. The number of carbonyl (C=O) groups excluding carboxylic acids is 2. The van der Waals surface area contributed by atoms with Crippen LogP contribution < -0.4 is 10.6 Å². The minimum atomic E-state index is -0.820. The van der Waals surface area contributed by atoms with Gasteiger partial charge in [0.15, 0.2) is 0 Å². The fraction of sp³-hybridized carbons (Fsp3) is 0.400. The van der Waals surface area contributed by atoms with Gasteiger partial charge in [-0.1, -0.05) is 22.0 Å². The number of rotatable bonds is 5. The van der Waals surface area contributed by atoms with Gasteiger partial charge in [0.2, 0.25) is 5.91 Å². The zero-order chi connectivity index (χ0) is 16.1. The van der Waals surface area contributed by atoms with Crippen LogP contribution in [0, 0.1) is 5.92 Å². The lowest BCUT2D eigenvalue weighted by atomic mass is 10.1. The van der Waals surface area contributed by atoms with Gasteiger partial charge in [-0.2, -0.15) is 0 Å². The maximum absolute atomic E-state index is 11.9. The van der Waals surface area contributed by atoms with E-state index in [1.54, 1.807) is 18.2 Å². The molecule has 6 nitrogen and oxygen atoms in total. The molecule has 2 amide bonds. The Bertz CT molecular complexity index is 591. The first-order chi connectivity index (χ1) is 10.5. The summed E-state index contributed by atoms with van der Waals surface area (Å²) in [5.74, 6) is -1.84. The van der Waals surface area contributed by atoms with Crippen molar-refractivity contribution >= 4 is 33.7 Å². The molecule has 1 aliphatic carbocycles. The van der Waals surface area contributed by atoms with Crippen LogP contribution in [-0.4, -0.2) is 35.5 Å². The molecule has 1 aromatic carbocycles. The fourth-order valence-corrected chi connectivity index (χ4v) is 2.91. The van der Waals surface area contributed by atoms with Crippen LogP contribution >= 0.6 is 15.9 Å². The van der Waals surface area contributed by atoms with Gasteiger partial charge in [0.25, 0.3) is 5.91 Å². The van der Waals surface area contributed by atoms with Crippen LogP contribution in [-0.2, 0) is 9.59 Å². The lowest BCUT2D eigenvalue weighted by Gasteiger charge is -2.13. The molecule has 0 aliphatic heterocycles. The van der Waals surface area contributed by atoms with Crippen molar-refractivity contribution in [1.82, 2.24) is 10.6 Å². The average molecular weight is 369 g/mol. The second-order valence-electron chi connectivity index (χ2n) is 5.31. The van der Waals surface area contributed by atoms with Crippen LogP contribution in [0.1, 0.15) is 29.6 Å². The average Bonchev–Trinajstić information content (AvgIpc) is 2.93. The van der Waals surface area contributed by atoms with Crippen molar-refractivity contribution in [3.8, 4) is 0 Å². The van der Waals surface area contributed by atoms with Gasteiger partial charge in [0, 0.05) is 16.1 Å². The van der Waals surface area contributed by atoms with Crippen molar-refractivity contribution in [2.45, 2.75) is 25.3 Å². The molecule has 7 heteroatoms. The van der Waals surface area contributed by atoms with Crippen molar-refractivity contribution < 1.29 is 19.5 Å². The molecule has 0 saturated heterocycles. The number of hydrogen-bond donors (Lipinski definition) is 3. The SMILES string of the molecule is O=C(CNC(=O)c1cccc(Br)c1)N[C@H]1CC[C@@H](C(=O)O)C1. The van der Waals surface area contributed by atoms with Gasteiger partial charge in [-0.25, -0.2) is 0 Å². The third-order valence-corrected chi connectivity index (χ3v) is 4.14. The number of carboxylic acids is 1. The Morgan fingerprint density at radius 2 is 2.05 bits per heavy atom. The Hall–Kier alpha value is -1.89. The van der Waals surface area contributed by atoms with Gasteiger partial charge in [-0.05, 0) is 37.5 Å². The van der Waals surface area contributed by atoms with E-state index < -0.39 is 5.97 Å². The van der Waals surface area contributed by atoms with Gasteiger partial charge >= 0.3 is 5.97 Å². The molecule has 0 aromatic heterocycles. The number of carbonyl (C=O) groups is 3. The smallest absolute Gasteiger partial charge is 0.306 e. The molecule has 1 fully saturated rings. The minimum absolute atomic E-state index is 0.125. The number of carboxylic acid groups (broad SMARTS) is 1. The predicted molar refractivity (Wildman–Crippen MR) is 83.4 cm³/mol. The van der Waals surface area contributed by atoms with E-state index >= 15 is 0 Å². The van der Waals surface area contributed by atoms with Crippen molar-refractivity contribution in [1.29, 1.82) is 0 Å². The lowest BCUT2D eigenvalue weighted by Crippen LogP contribution is -2.41. The zero-order valence-electron chi connectivity index (χ0n) is 11.8. The van der Waals surface area contributed by atoms with Crippen LogP contribution in [0.3, 0.4) is 0 Å². The zero-order valence-corrected chi connectivity index (χ0v) is 13.4. The summed E-state index contributed by atoms with van der Waals surface area (Å²) in [5, 5.41) is 14.2. The molecule has 0 spiro atoms. The highest BCUT2D eigenvalue weighted by Gasteiger charge is 2.30. The quantitative estimate of drug-likeness (QED) is 0.734. The monoisotopic (exact) mass is 368 g/mol. The molecule has 3 N–H and O–H groups in total. The number of hydrogen-bond acceptors (Lipinski definition) is 3. The lowest BCUT2D eigenvalue weighted by molar-refractivity contribution is -0.141. The molecule has 22 heavy (non-hydrogen) atoms. The van der Waals surface area contributed by atoms with Crippen LogP contribution in [0.2, 0.25) is 0 Å². The molecular weight excluding hydrogens is 352 g/mol. The number of benzene rings is 1. The Balaban J connectivity index is 1.76. The third-order valence-electron chi connectivity index (χ3n) is 3.64. The second kappa shape index (κ2) is 7.40. The summed E-state index contributed by atoms with van der Waals surface area (Å²) in [6, 6.07) is 6.75. The van der Waals surface area contributed by atoms with E-state index in [-0.39, 0.29) is 30.3 Å². The van der Waals surface area contributed by atoms with E-state index in [0.29, 0.717) is 24.8 Å². The Kier molecular flexibility index (Phi) is 5.54. The van der Waals surface area contributed by atoms with E-state index in [1.165, 1.54) is 0 Å². The molecule has 1 saturated carbocycles. The summed E-state index contributed by atoms with van der Waals surface area (Å²) in [6.45, 7) is -0.125. The molecule has 118 valence electrons. The minimum Gasteiger partial charge on any atom is -0.481 e. The summed E-state index contributed by atoms with van der Waals surface area (Å²) in [5.41, 5.74) is 0.467. The normalized spacial score (nSPS) is 20.4. The molecule has 0 radical (unpaired) electrons. The highest BCUT2D eigenvalue weighted by atomic mass is 79.9. The van der Waals surface area contributed by atoms with Crippen LogP contribution in [0.4, 0.5) is 0 Å². The topological polar surface area (TPSA) is 95.5 Å². The van der Waals surface area contributed by atoms with E-state index in [4.69, 9.17) is 5.11 Å². The van der Waals surface area contributed by atoms with Gasteiger partial charge in [0.1, 0.15) is 0 Å². The summed E-state index contributed by atoms with van der Waals surface area (Å²) in [4.78, 5) is 34.5. The fourth-order valence-electron chi connectivity index (χ4n) is 2.51. The highest BCUT2D eigenvalue weighted by molar-refractivity contribution is 9.10. The summed E-state index contributed by atoms with van der Waals surface area (Å²) >= 11 is 3.28. The number of aliphatic carboxylic acids is 1. The van der Waals surface area contributed by atoms with Gasteiger partial charge < -0.3 is 15.7 Å².